The van der Waals surface area contributed by atoms with Gasteiger partial charge >= 0.3 is 5.97 Å². The molecule has 0 aliphatic carbocycles. The first-order chi connectivity index (χ1) is 11.7. The van der Waals surface area contributed by atoms with E-state index < -0.39 is 6.10 Å². The first-order valence-electron chi connectivity index (χ1n) is 8.12. The number of nitrogens with zero attached hydrogens (tertiary/aromatic N) is 1. The minimum Gasteiger partial charge on any atom is -0.457 e. The molecule has 5 nitrogen and oxygen atoms in total. The molecule has 2 heterocycles. The van der Waals surface area contributed by atoms with Crippen molar-refractivity contribution in [2.45, 2.75) is 38.6 Å². The largest absolute Gasteiger partial charge is 0.457 e. The maximum atomic E-state index is 12.0. The zero-order valence-electron chi connectivity index (χ0n) is 13.6. The van der Waals surface area contributed by atoms with Crippen LogP contribution in [0.25, 0.3) is 10.6 Å². The van der Waals surface area contributed by atoms with E-state index in [1.165, 1.54) is 11.3 Å². The van der Waals surface area contributed by atoms with Crippen molar-refractivity contribution in [3.63, 3.8) is 0 Å². The molecule has 2 aromatic rings. The summed E-state index contributed by atoms with van der Waals surface area (Å²) in [6, 6.07) is 9.94. The van der Waals surface area contributed by atoms with Crippen molar-refractivity contribution in [3.8, 4) is 10.6 Å². The van der Waals surface area contributed by atoms with E-state index in [-0.39, 0.29) is 18.7 Å². The van der Waals surface area contributed by atoms with Gasteiger partial charge in [0.05, 0.1) is 18.4 Å². The first-order valence-corrected chi connectivity index (χ1v) is 9.00. The predicted molar refractivity (Wildman–Crippen MR) is 91.7 cm³/mol. The average molecular weight is 347 g/mol. The second-order valence-electron chi connectivity index (χ2n) is 5.73. The fourth-order valence-electron chi connectivity index (χ4n) is 2.44. The van der Waals surface area contributed by atoms with E-state index in [0.29, 0.717) is 6.61 Å². The van der Waals surface area contributed by atoms with Crippen molar-refractivity contribution in [2.24, 2.45) is 0 Å². The summed E-state index contributed by atoms with van der Waals surface area (Å²) in [5.74, 6) is -0.373. The van der Waals surface area contributed by atoms with Gasteiger partial charge in [0.2, 0.25) is 0 Å². The lowest BCUT2D eigenvalue weighted by atomic mass is 10.2. The molecule has 24 heavy (non-hydrogen) atoms. The molecule has 1 aromatic heterocycles. The second kappa shape index (κ2) is 8.37. The smallest absolute Gasteiger partial charge is 0.335 e. The van der Waals surface area contributed by atoms with E-state index in [4.69, 9.17) is 14.2 Å². The van der Waals surface area contributed by atoms with E-state index in [2.05, 4.69) is 4.98 Å². The average Bonchev–Trinajstić information content (AvgIpc) is 3.30. The molecule has 128 valence electrons. The van der Waals surface area contributed by atoms with Crippen molar-refractivity contribution in [3.05, 3.63) is 41.4 Å². The van der Waals surface area contributed by atoms with E-state index in [1.807, 2.05) is 35.7 Å². The summed E-state index contributed by atoms with van der Waals surface area (Å²) >= 11 is 1.54. The molecule has 0 radical (unpaired) electrons. The van der Waals surface area contributed by atoms with Gasteiger partial charge < -0.3 is 14.2 Å². The lowest BCUT2D eigenvalue weighted by molar-refractivity contribution is -0.159. The summed E-state index contributed by atoms with van der Waals surface area (Å²) in [5, 5.41) is 2.83. The summed E-state index contributed by atoms with van der Waals surface area (Å²) in [7, 11) is 0. The Morgan fingerprint density at radius 1 is 1.42 bits per heavy atom. The Labute approximate surface area is 145 Å². The number of carbonyl (C=O) groups excluding carboxylic acids is 1. The molecular weight excluding hydrogens is 326 g/mol. The number of aromatic nitrogens is 1. The van der Waals surface area contributed by atoms with E-state index in [9.17, 15) is 4.79 Å². The molecule has 1 fully saturated rings. The quantitative estimate of drug-likeness (QED) is 0.718. The summed E-state index contributed by atoms with van der Waals surface area (Å²) in [4.78, 5) is 16.5. The van der Waals surface area contributed by atoms with E-state index >= 15 is 0 Å². The molecule has 0 saturated carbocycles. The summed E-state index contributed by atoms with van der Waals surface area (Å²) in [6.07, 6.45) is 1.55. The molecule has 3 rings (SSSR count). The third-order valence-corrected chi connectivity index (χ3v) is 4.76. The topological polar surface area (TPSA) is 57.7 Å². The molecular formula is C18H21NO4S. The molecule has 0 amide bonds. The Balaban J connectivity index is 1.45. The Bertz CT molecular complexity index is 652. The van der Waals surface area contributed by atoms with Crippen molar-refractivity contribution in [1.29, 1.82) is 0 Å². The molecule has 1 aliphatic heterocycles. The standard InChI is InChI=1S/C18H21NO4S/c1-13(22-11-16-8-5-9-21-16)18(20)23-10-15-12-24-17(19-15)14-6-3-2-4-7-14/h2-4,6-7,12-13,16H,5,8-11H2,1H3. The number of hydrogen-bond donors (Lipinski definition) is 0. The highest BCUT2D eigenvalue weighted by atomic mass is 32.1. The summed E-state index contributed by atoms with van der Waals surface area (Å²) in [6.45, 7) is 3.08. The molecule has 1 aromatic carbocycles. The number of hydrogen-bond acceptors (Lipinski definition) is 6. The Hall–Kier alpha value is -1.76. The Kier molecular flexibility index (Phi) is 5.96. The van der Waals surface area contributed by atoms with Crippen LogP contribution in [0.1, 0.15) is 25.5 Å². The van der Waals surface area contributed by atoms with Crippen LogP contribution in [0.4, 0.5) is 0 Å². The number of ether oxygens (including phenoxy) is 3. The van der Waals surface area contributed by atoms with Crippen LogP contribution in [0.3, 0.4) is 0 Å². The lowest BCUT2D eigenvalue weighted by Crippen LogP contribution is -2.27. The van der Waals surface area contributed by atoms with Crippen molar-refractivity contribution < 1.29 is 19.0 Å². The predicted octanol–water partition coefficient (Wildman–Crippen LogP) is 3.44. The van der Waals surface area contributed by atoms with Gasteiger partial charge in [0, 0.05) is 17.6 Å². The Morgan fingerprint density at radius 2 is 2.25 bits per heavy atom. The number of carbonyl (C=O) groups is 1. The van der Waals surface area contributed by atoms with Crippen LogP contribution in [-0.4, -0.2) is 36.4 Å². The van der Waals surface area contributed by atoms with Crippen molar-refractivity contribution in [2.75, 3.05) is 13.2 Å². The summed E-state index contributed by atoms with van der Waals surface area (Å²) in [5.41, 5.74) is 1.81. The molecule has 0 bridgehead atoms. The van der Waals surface area contributed by atoms with Crippen LogP contribution in [-0.2, 0) is 25.6 Å². The number of esters is 1. The minimum absolute atomic E-state index is 0.104. The molecule has 2 atom stereocenters. The van der Waals surface area contributed by atoms with Crippen molar-refractivity contribution in [1.82, 2.24) is 4.98 Å². The third-order valence-electron chi connectivity index (χ3n) is 3.82. The fourth-order valence-corrected chi connectivity index (χ4v) is 3.26. The van der Waals surface area contributed by atoms with Crippen LogP contribution < -0.4 is 0 Å². The van der Waals surface area contributed by atoms with Gasteiger partial charge in [-0.05, 0) is 19.8 Å². The van der Waals surface area contributed by atoms with Crippen LogP contribution in [0, 0.1) is 0 Å². The van der Waals surface area contributed by atoms with Gasteiger partial charge in [0.15, 0.2) is 6.10 Å². The van der Waals surface area contributed by atoms with Crippen LogP contribution in [0.15, 0.2) is 35.7 Å². The maximum Gasteiger partial charge on any atom is 0.335 e. The lowest BCUT2D eigenvalue weighted by Gasteiger charge is -2.15. The number of benzene rings is 1. The SMILES string of the molecule is CC(OCC1CCCO1)C(=O)OCc1csc(-c2ccccc2)n1. The van der Waals surface area contributed by atoms with Gasteiger partial charge in [-0.1, -0.05) is 30.3 Å². The molecule has 1 saturated heterocycles. The highest BCUT2D eigenvalue weighted by Gasteiger charge is 2.21. The normalized spacial score (nSPS) is 18.5. The van der Waals surface area contributed by atoms with Gasteiger partial charge in [0.1, 0.15) is 11.6 Å². The zero-order chi connectivity index (χ0) is 16.8. The van der Waals surface area contributed by atoms with Gasteiger partial charge in [-0.3, -0.25) is 0 Å². The molecule has 2 unspecified atom stereocenters. The highest BCUT2D eigenvalue weighted by Crippen LogP contribution is 2.23. The molecule has 6 heteroatoms. The minimum atomic E-state index is -0.596. The Morgan fingerprint density at radius 3 is 3.00 bits per heavy atom. The number of thiazole rings is 1. The van der Waals surface area contributed by atoms with E-state index in [0.717, 1.165) is 35.7 Å². The number of rotatable bonds is 7. The van der Waals surface area contributed by atoms with E-state index in [1.54, 1.807) is 6.92 Å². The fraction of sp³-hybridized carbons (Fsp3) is 0.444. The van der Waals surface area contributed by atoms with Gasteiger partial charge in [0.25, 0.3) is 0 Å². The van der Waals surface area contributed by atoms with Gasteiger partial charge in [-0.25, -0.2) is 9.78 Å². The third kappa shape index (κ3) is 4.63. The van der Waals surface area contributed by atoms with Crippen LogP contribution in [0.5, 0.6) is 0 Å². The van der Waals surface area contributed by atoms with Gasteiger partial charge in [-0.2, -0.15) is 0 Å². The first kappa shape index (κ1) is 17.1. The molecule has 1 aliphatic rings. The van der Waals surface area contributed by atoms with Crippen LogP contribution in [0.2, 0.25) is 0 Å². The summed E-state index contributed by atoms with van der Waals surface area (Å²) < 4.78 is 16.3. The molecule has 0 N–H and O–H groups in total. The van der Waals surface area contributed by atoms with Crippen molar-refractivity contribution >= 4 is 17.3 Å². The molecule has 0 spiro atoms. The monoisotopic (exact) mass is 347 g/mol. The zero-order valence-corrected chi connectivity index (χ0v) is 14.5. The van der Waals surface area contributed by atoms with Gasteiger partial charge in [-0.15, -0.1) is 11.3 Å². The van der Waals surface area contributed by atoms with Crippen LogP contribution >= 0.6 is 11.3 Å². The maximum absolute atomic E-state index is 12.0. The second-order valence-corrected chi connectivity index (χ2v) is 6.59. The highest BCUT2D eigenvalue weighted by molar-refractivity contribution is 7.13.